The summed E-state index contributed by atoms with van der Waals surface area (Å²) in [5.41, 5.74) is 0.929. The summed E-state index contributed by atoms with van der Waals surface area (Å²) >= 11 is 0. The van der Waals surface area contributed by atoms with Crippen LogP contribution < -0.4 is 0 Å². The molecule has 4 aliphatic rings. The predicted molar refractivity (Wildman–Crippen MR) is 86.2 cm³/mol. The Balaban J connectivity index is 1.71. The van der Waals surface area contributed by atoms with Crippen LogP contribution in [0, 0.1) is 35.5 Å². The van der Waals surface area contributed by atoms with E-state index in [1.54, 1.807) is 12.2 Å². The van der Waals surface area contributed by atoms with Gasteiger partial charge in [0.25, 0.3) is 0 Å². The number of carbonyl (C=O) groups excluding carboxylic acids is 2. The fraction of sp³-hybridized carbons (Fsp3) is 0.600. The molecule has 0 saturated heterocycles. The molecule has 0 aromatic heterocycles. The maximum absolute atomic E-state index is 11.8. The molecule has 5 atom stereocenters. The van der Waals surface area contributed by atoms with E-state index >= 15 is 0 Å². The molecule has 1 N–H and O–H groups in total. The standard InChI is InChI=1S/C20H22O3/c1-3-20(23)9-7-16-14-5-4-12-10-17(21)18(22)11-15(12)13(14)6-8-19(16,20)2/h1,10-11,13-14,16,23H,4-9H2,2H3/t13-,14+,16-,19-,20-/m0/s1. The smallest absolute Gasteiger partial charge is 0.226 e. The molecule has 0 unspecified atom stereocenters. The van der Waals surface area contributed by atoms with Crippen molar-refractivity contribution in [1.29, 1.82) is 0 Å². The SMILES string of the molecule is C#C[C@]1(O)CC[C@H]2[C@@H]3CCC4=CC(=O)C(=O)C=C4[C@H]3CC[C@@]21C. The van der Waals surface area contributed by atoms with Crippen molar-refractivity contribution in [2.24, 2.45) is 23.2 Å². The molecular weight excluding hydrogens is 288 g/mol. The van der Waals surface area contributed by atoms with Crippen LogP contribution in [0.15, 0.2) is 23.3 Å². The third-order valence-electron chi connectivity index (χ3n) is 7.18. The number of rotatable bonds is 0. The number of allylic oxidation sites excluding steroid dienone is 4. The van der Waals surface area contributed by atoms with Gasteiger partial charge in [0.2, 0.25) is 11.6 Å². The highest BCUT2D eigenvalue weighted by atomic mass is 16.3. The van der Waals surface area contributed by atoms with Crippen LogP contribution in [0.3, 0.4) is 0 Å². The van der Waals surface area contributed by atoms with Gasteiger partial charge in [-0.1, -0.05) is 12.8 Å². The number of fused-ring (bicyclic) bond motifs is 5. The van der Waals surface area contributed by atoms with E-state index in [1.165, 1.54) is 0 Å². The van der Waals surface area contributed by atoms with Crippen LogP contribution in [0.2, 0.25) is 0 Å². The van der Waals surface area contributed by atoms with Crippen molar-refractivity contribution >= 4 is 11.6 Å². The Morgan fingerprint density at radius 3 is 2.65 bits per heavy atom. The molecule has 0 amide bonds. The Labute approximate surface area is 136 Å². The van der Waals surface area contributed by atoms with E-state index < -0.39 is 5.60 Å². The largest absolute Gasteiger partial charge is 0.377 e. The maximum Gasteiger partial charge on any atom is 0.226 e. The number of hydrogen-bond acceptors (Lipinski definition) is 3. The molecule has 23 heavy (non-hydrogen) atoms. The Bertz CT molecular complexity index is 707. The molecular formula is C20H22O3. The predicted octanol–water partition coefficient (Wildman–Crippen LogP) is 2.59. The topological polar surface area (TPSA) is 54.4 Å². The quantitative estimate of drug-likeness (QED) is 0.425. The van der Waals surface area contributed by atoms with Gasteiger partial charge in [-0.3, -0.25) is 9.59 Å². The monoisotopic (exact) mass is 310 g/mol. The minimum atomic E-state index is -0.995. The Hall–Kier alpha value is -1.66. The van der Waals surface area contributed by atoms with Gasteiger partial charge in [-0.25, -0.2) is 0 Å². The van der Waals surface area contributed by atoms with Crippen molar-refractivity contribution in [3.8, 4) is 12.3 Å². The van der Waals surface area contributed by atoms with Crippen molar-refractivity contribution < 1.29 is 14.7 Å². The van der Waals surface area contributed by atoms with E-state index in [1.807, 2.05) is 0 Å². The third kappa shape index (κ3) is 1.82. The van der Waals surface area contributed by atoms with Crippen LogP contribution in [0.1, 0.15) is 45.4 Å². The fourth-order valence-electron chi connectivity index (χ4n) is 5.83. The van der Waals surface area contributed by atoms with Crippen molar-refractivity contribution in [3.05, 3.63) is 23.3 Å². The molecule has 0 aromatic rings. The first-order chi connectivity index (χ1) is 10.9. The summed E-state index contributed by atoms with van der Waals surface area (Å²) in [5, 5.41) is 10.9. The lowest BCUT2D eigenvalue weighted by atomic mass is 9.52. The second kappa shape index (κ2) is 4.68. The maximum atomic E-state index is 11.8. The van der Waals surface area contributed by atoms with E-state index in [0.717, 1.165) is 43.3 Å². The Kier molecular flexibility index (Phi) is 3.03. The zero-order valence-corrected chi connectivity index (χ0v) is 13.5. The fourth-order valence-corrected chi connectivity index (χ4v) is 5.83. The van der Waals surface area contributed by atoms with Crippen LogP contribution in [0.25, 0.3) is 0 Å². The van der Waals surface area contributed by atoms with Crippen LogP contribution in [0.4, 0.5) is 0 Å². The van der Waals surface area contributed by atoms with Gasteiger partial charge in [-0.05, 0) is 79.6 Å². The van der Waals surface area contributed by atoms with Gasteiger partial charge < -0.3 is 5.11 Å². The lowest BCUT2D eigenvalue weighted by Crippen LogP contribution is -2.51. The molecule has 120 valence electrons. The Morgan fingerprint density at radius 2 is 1.91 bits per heavy atom. The normalized spacial score (nSPS) is 45.3. The number of carbonyl (C=O) groups is 2. The molecule has 0 spiro atoms. The second-order valence-corrected chi connectivity index (χ2v) is 7.91. The summed E-state index contributed by atoms with van der Waals surface area (Å²) in [5.74, 6) is 3.10. The lowest BCUT2D eigenvalue weighted by Gasteiger charge is -2.52. The zero-order valence-electron chi connectivity index (χ0n) is 13.5. The van der Waals surface area contributed by atoms with Gasteiger partial charge in [-0.2, -0.15) is 0 Å². The molecule has 0 radical (unpaired) electrons. The molecule has 0 aromatic carbocycles. The van der Waals surface area contributed by atoms with Gasteiger partial charge in [0.1, 0.15) is 5.60 Å². The van der Waals surface area contributed by atoms with Crippen LogP contribution in [-0.2, 0) is 9.59 Å². The minimum Gasteiger partial charge on any atom is -0.377 e. The van der Waals surface area contributed by atoms with Crippen molar-refractivity contribution in [2.45, 2.75) is 51.0 Å². The summed E-state index contributed by atoms with van der Waals surface area (Å²) in [6, 6.07) is 0. The zero-order chi connectivity index (χ0) is 16.4. The first-order valence-corrected chi connectivity index (χ1v) is 8.60. The third-order valence-corrected chi connectivity index (χ3v) is 7.18. The first kappa shape index (κ1) is 14.9. The van der Waals surface area contributed by atoms with Crippen LogP contribution in [0.5, 0.6) is 0 Å². The average molecular weight is 310 g/mol. The van der Waals surface area contributed by atoms with Gasteiger partial charge in [-0.15, -0.1) is 6.42 Å². The molecule has 3 heteroatoms. The van der Waals surface area contributed by atoms with Gasteiger partial charge in [0.15, 0.2) is 0 Å². The highest BCUT2D eigenvalue weighted by Crippen LogP contribution is 2.64. The van der Waals surface area contributed by atoms with E-state index in [4.69, 9.17) is 6.42 Å². The molecule has 4 aliphatic carbocycles. The average Bonchev–Trinajstić information content (AvgIpc) is 2.81. The van der Waals surface area contributed by atoms with Crippen LogP contribution in [-0.4, -0.2) is 22.3 Å². The number of hydrogen-bond donors (Lipinski definition) is 1. The molecule has 0 bridgehead atoms. The first-order valence-electron chi connectivity index (χ1n) is 8.60. The van der Waals surface area contributed by atoms with Crippen LogP contribution >= 0.6 is 0 Å². The summed E-state index contributed by atoms with van der Waals surface area (Å²) in [6.45, 7) is 2.15. The molecule has 3 fully saturated rings. The second-order valence-electron chi connectivity index (χ2n) is 7.91. The molecule has 4 rings (SSSR count). The molecule has 0 aliphatic heterocycles. The van der Waals surface area contributed by atoms with E-state index in [0.29, 0.717) is 24.2 Å². The summed E-state index contributed by atoms with van der Waals surface area (Å²) in [6.07, 6.45) is 14.1. The summed E-state index contributed by atoms with van der Waals surface area (Å²) in [7, 11) is 0. The number of aliphatic hydroxyl groups is 1. The summed E-state index contributed by atoms with van der Waals surface area (Å²) < 4.78 is 0. The van der Waals surface area contributed by atoms with E-state index in [9.17, 15) is 14.7 Å². The van der Waals surface area contributed by atoms with Gasteiger partial charge >= 0.3 is 0 Å². The molecule has 3 nitrogen and oxygen atoms in total. The highest BCUT2D eigenvalue weighted by Gasteiger charge is 2.61. The number of terminal acetylenes is 1. The van der Waals surface area contributed by atoms with Crippen molar-refractivity contribution in [3.63, 3.8) is 0 Å². The molecule has 3 saturated carbocycles. The van der Waals surface area contributed by atoms with Gasteiger partial charge in [0, 0.05) is 5.41 Å². The van der Waals surface area contributed by atoms with Gasteiger partial charge in [0.05, 0.1) is 0 Å². The molecule has 0 heterocycles. The minimum absolute atomic E-state index is 0.223. The number of ketones is 2. The Morgan fingerprint density at radius 1 is 1.17 bits per heavy atom. The lowest BCUT2D eigenvalue weighted by molar-refractivity contribution is -0.131. The van der Waals surface area contributed by atoms with Crippen molar-refractivity contribution in [2.75, 3.05) is 0 Å². The highest BCUT2D eigenvalue weighted by molar-refractivity contribution is 6.46. The summed E-state index contributed by atoms with van der Waals surface area (Å²) in [4.78, 5) is 23.5. The van der Waals surface area contributed by atoms with E-state index in [-0.39, 0.29) is 17.0 Å². The van der Waals surface area contributed by atoms with Crippen molar-refractivity contribution in [1.82, 2.24) is 0 Å². The van der Waals surface area contributed by atoms with E-state index in [2.05, 4.69) is 12.8 Å².